The smallest absolute Gasteiger partial charge is 0.405 e. The highest BCUT2D eigenvalue weighted by Gasteiger charge is 2.47. The van der Waals surface area contributed by atoms with E-state index in [4.69, 9.17) is 9.26 Å². The summed E-state index contributed by atoms with van der Waals surface area (Å²) in [7, 11) is 0. The van der Waals surface area contributed by atoms with Gasteiger partial charge in [0.05, 0.1) is 37.1 Å². The average Bonchev–Trinajstić information content (AvgIpc) is 3.59. The fourth-order valence-electron chi connectivity index (χ4n) is 5.71. The molecule has 0 aromatic carbocycles. The molecular formula is C26H36F2N8O5. The lowest BCUT2D eigenvalue weighted by molar-refractivity contribution is -0.150. The van der Waals surface area contributed by atoms with Crippen LogP contribution in [-0.2, 0) is 4.79 Å². The summed E-state index contributed by atoms with van der Waals surface area (Å²) in [5.41, 5.74) is 0. The van der Waals surface area contributed by atoms with Gasteiger partial charge in [-0.25, -0.2) is 23.5 Å². The number of rotatable bonds is 8. The second kappa shape index (κ2) is 11.6. The molecular weight excluding hydrogens is 542 g/mol. The van der Waals surface area contributed by atoms with Gasteiger partial charge in [0, 0.05) is 44.9 Å². The molecule has 2 N–H and O–H groups in total. The minimum absolute atomic E-state index is 0.0902. The van der Waals surface area contributed by atoms with Crippen LogP contribution >= 0.6 is 0 Å². The van der Waals surface area contributed by atoms with Crippen LogP contribution in [0.2, 0.25) is 0 Å². The minimum atomic E-state index is -3.01. The number of nitrogens with zero attached hydrogens (tertiary/aromatic N) is 7. The summed E-state index contributed by atoms with van der Waals surface area (Å²) in [6.07, 6.45) is 2.71. The molecule has 3 fully saturated rings. The molecule has 0 saturated carbocycles. The number of hydrogen-bond acceptors (Lipinski definition) is 10. The Kier molecular flexibility index (Phi) is 8.13. The summed E-state index contributed by atoms with van der Waals surface area (Å²) < 4.78 is 39.8. The maximum atomic E-state index is 14.1. The second-order valence-corrected chi connectivity index (χ2v) is 11.4. The second-order valence-electron chi connectivity index (χ2n) is 11.4. The van der Waals surface area contributed by atoms with Gasteiger partial charge in [-0.3, -0.25) is 4.79 Å². The van der Waals surface area contributed by atoms with Crippen molar-refractivity contribution in [1.82, 2.24) is 30.3 Å². The van der Waals surface area contributed by atoms with Crippen LogP contribution in [-0.4, -0.2) is 98.9 Å². The third-order valence-electron chi connectivity index (χ3n) is 8.07. The van der Waals surface area contributed by atoms with Crippen molar-refractivity contribution in [3.63, 3.8) is 0 Å². The number of alkyl halides is 2. The summed E-state index contributed by atoms with van der Waals surface area (Å²) in [6.45, 7) is 7.14. The average molecular weight is 579 g/mol. The van der Waals surface area contributed by atoms with Gasteiger partial charge in [0.15, 0.2) is 11.6 Å². The SMILES string of the molecule is CC(C)c1noc(N2CCC([C@H](C)Oc3cnc(N4C[C@H](NC(=O)O)[C@@H](N5CC(F)(F)CCC5=O)C4)nc3)CC2)n1. The third kappa shape index (κ3) is 6.59. The number of carbonyl (C=O) groups excluding carboxylic acids is 1. The van der Waals surface area contributed by atoms with Gasteiger partial charge in [0.1, 0.15) is 0 Å². The summed E-state index contributed by atoms with van der Waals surface area (Å²) >= 11 is 0. The fourth-order valence-corrected chi connectivity index (χ4v) is 5.71. The highest BCUT2D eigenvalue weighted by atomic mass is 19.3. The molecule has 3 saturated heterocycles. The van der Waals surface area contributed by atoms with E-state index in [1.165, 1.54) is 0 Å². The molecule has 0 aliphatic carbocycles. The normalized spacial score (nSPS) is 24.1. The first kappa shape index (κ1) is 28.7. The Hall–Kier alpha value is -3.78. The molecule has 3 atom stereocenters. The zero-order valence-corrected chi connectivity index (χ0v) is 23.4. The van der Waals surface area contributed by atoms with Crippen molar-refractivity contribution >= 4 is 24.0 Å². The lowest BCUT2D eigenvalue weighted by atomic mass is 9.92. The van der Waals surface area contributed by atoms with E-state index in [1.807, 2.05) is 20.8 Å². The first-order chi connectivity index (χ1) is 19.5. The number of piperidine rings is 2. The molecule has 0 unspecified atom stereocenters. The molecule has 5 rings (SSSR count). The number of aromatic nitrogens is 4. The molecule has 0 bridgehead atoms. The van der Waals surface area contributed by atoms with E-state index in [1.54, 1.807) is 17.3 Å². The molecule has 2 aromatic heterocycles. The van der Waals surface area contributed by atoms with Crippen LogP contribution in [0.5, 0.6) is 5.75 Å². The molecule has 5 heterocycles. The minimum Gasteiger partial charge on any atom is -0.487 e. The third-order valence-corrected chi connectivity index (χ3v) is 8.07. The lowest BCUT2D eigenvalue weighted by Gasteiger charge is -2.38. The van der Waals surface area contributed by atoms with Crippen LogP contribution in [0.1, 0.15) is 58.2 Å². The van der Waals surface area contributed by atoms with Crippen molar-refractivity contribution in [2.24, 2.45) is 5.92 Å². The van der Waals surface area contributed by atoms with E-state index >= 15 is 0 Å². The quantitative estimate of drug-likeness (QED) is 0.476. The monoisotopic (exact) mass is 578 g/mol. The van der Waals surface area contributed by atoms with E-state index in [0.29, 0.717) is 29.5 Å². The van der Waals surface area contributed by atoms with Crippen molar-refractivity contribution in [3.8, 4) is 5.75 Å². The van der Waals surface area contributed by atoms with Gasteiger partial charge in [-0.1, -0.05) is 19.0 Å². The standard InChI is InChI=1S/C26H36F2N8O5/c1-15(2)22-32-24(41-33-22)34-8-5-17(6-9-34)16(3)40-18-10-29-23(30-11-18)35-12-19(31-25(38)39)20(13-35)36-14-26(27,28)7-4-21(36)37/h10-11,15-17,19-20,31H,4-9,12-14H2,1-3H3,(H,38,39)/t16-,19-,20-/m0/s1. The van der Waals surface area contributed by atoms with E-state index in [9.17, 15) is 23.5 Å². The number of carboxylic acid groups (broad SMARTS) is 1. The summed E-state index contributed by atoms with van der Waals surface area (Å²) in [5, 5.41) is 15.7. The van der Waals surface area contributed by atoms with Crippen molar-refractivity contribution in [3.05, 3.63) is 18.2 Å². The van der Waals surface area contributed by atoms with Crippen LogP contribution in [0, 0.1) is 5.92 Å². The Morgan fingerprint density at radius 3 is 2.51 bits per heavy atom. The number of hydrogen-bond donors (Lipinski definition) is 2. The molecule has 224 valence electrons. The van der Waals surface area contributed by atoms with Crippen molar-refractivity contribution in [2.45, 2.75) is 76.5 Å². The highest BCUT2D eigenvalue weighted by Crippen LogP contribution is 2.32. The molecule has 2 amide bonds. The Balaban J connectivity index is 1.17. The number of anilines is 2. The van der Waals surface area contributed by atoms with Gasteiger partial charge < -0.3 is 34.4 Å². The van der Waals surface area contributed by atoms with Crippen LogP contribution in [0.25, 0.3) is 0 Å². The van der Waals surface area contributed by atoms with Crippen molar-refractivity contribution in [1.29, 1.82) is 0 Å². The number of likely N-dealkylation sites (tertiary alicyclic amines) is 1. The molecule has 15 heteroatoms. The van der Waals surface area contributed by atoms with Crippen LogP contribution in [0.15, 0.2) is 16.9 Å². The predicted molar refractivity (Wildman–Crippen MR) is 142 cm³/mol. The Labute approximate surface area is 236 Å². The summed E-state index contributed by atoms with van der Waals surface area (Å²) in [6, 6.07) is -0.979. The van der Waals surface area contributed by atoms with E-state index < -0.39 is 43.0 Å². The van der Waals surface area contributed by atoms with Gasteiger partial charge in [-0.05, 0) is 25.7 Å². The zero-order valence-electron chi connectivity index (χ0n) is 23.4. The number of amides is 2. The molecule has 3 aliphatic heterocycles. The molecule has 0 spiro atoms. The maximum absolute atomic E-state index is 14.1. The highest BCUT2D eigenvalue weighted by molar-refractivity contribution is 5.78. The van der Waals surface area contributed by atoms with Gasteiger partial charge in [-0.15, -0.1) is 0 Å². The van der Waals surface area contributed by atoms with E-state index in [0.717, 1.165) is 30.8 Å². The Morgan fingerprint density at radius 2 is 1.88 bits per heavy atom. The number of ether oxygens (including phenoxy) is 1. The Morgan fingerprint density at radius 1 is 1.17 bits per heavy atom. The first-order valence-electron chi connectivity index (χ1n) is 14.0. The largest absolute Gasteiger partial charge is 0.487 e. The van der Waals surface area contributed by atoms with E-state index in [-0.39, 0.29) is 31.5 Å². The molecule has 0 radical (unpaired) electrons. The lowest BCUT2D eigenvalue weighted by Crippen LogP contribution is -2.57. The topological polar surface area (TPSA) is 150 Å². The molecule has 2 aromatic rings. The van der Waals surface area contributed by atoms with E-state index in [2.05, 4.69) is 30.3 Å². The van der Waals surface area contributed by atoms with Crippen LogP contribution in [0.4, 0.5) is 25.5 Å². The number of halogens is 2. The number of nitrogens with one attached hydrogen (secondary N) is 1. The molecule has 3 aliphatic rings. The zero-order chi connectivity index (χ0) is 29.3. The van der Waals surface area contributed by atoms with Gasteiger partial charge in [0.2, 0.25) is 11.9 Å². The van der Waals surface area contributed by atoms with Crippen LogP contribution < -0.4 is 19.9 Å². The fraction of sp³-hybridized carbons (Fsp3) is 0.692. The van der Waals surface area contributed by atoms with Gasteiger partial charge >= 0.3 is 12.1 Å². The Bertz CT molecular complexity index is 1220. The van der Waals surface area contributed by atoms with Crippen molar-refractivity contribution in [2.75, 3.05) is 42.5 Å². The summed E-state index contributed by atoms with van der Waals surface area (Å²) in [4.78, 5) is 42.0. The molecule has 41 heavy (non-hydrogen) atoms. The van der Waals surface area contributed by atoms with Gasteiger partial charge in [0.25, 0.3) is 5.92 Å². The van der Waals surface area contributed by atoms with Gasteiger partial charge in [-0.2, -0.15) is 4.98 Å². The molecule has 13 nitrogen and oxygen atoms in total. The van der Waals surface area contributed by atoms with Crippen LogP contribution in [0.3, 0.4) is 0 Å². The number of carbonyl (C=O) groups is 2. The summed E-state index contributed by atoms with van der Waals surface area (Å²) in [5.74, 6) is -1.43. The van der Waals surface area contributed by atoms with Crippen molar-refractivity contribution < 1.29 is 32.7 Å². The predicted octanol–water partition coefficient (Wildman–Crippen LogP) is 2.75. The first-order valence-corrected chi connectivity index (χ1v) is 14.0. The maximum Gasteiger partial charge on any atom is 0.405 e.